The number of hydrogen-bond donors (Lipinski definition) is 2. The molecule has 1 rings (SSSR count). The van der Waals surface area contributed by atoms with Gasteiger partial charge in [-0.3, -0.25) is 5.41 Å². The molecule has 72 valence electrons. The van der Waals surface area contributed by atoms with Crippen LogP contribution in [-0.4, -0.2) is 11.8 Å². The molecule has 1 aliphatic rings. The monoisotopic (exact) mass is 198 g/mol. The maximum absolute atomic E-state index is 12.5. The van der Waals surface area contributed by atoms with Gasteiger partial charge in [-0.1, -0.05) is 0 Å². The Balaban J connectivity index is 0.00000121. The van der Waals surface area contributed by atoms with Gasteiger partial charge in [-0.05, 0) is 12.8 Å². The molecule has 3 N–H and O–H groups in total. The van der Waals surface area contributed by atoms with Crippen LogP contribution in [-0.2, 0) is 0 Å². The Morgan fingerprint density at radius 3 is 2.08 bits per heavy atom. The Kier molecular flexibility index (Phi) is 3.90. The summed E-state index contributed by atoms with van der Waals surface area (Å²) in [6.07, 6.45) is 0.499. The molecule has 0 radical (unpaired) electrons. The molecule has 0 heterocycles. The fourth-order valence-corrected chi connectivity index (χ4v) is 1.35. The SMILES string of the molecule is Cl.N=C(N)C1CCC(F)(F)CC1. The molecule has 1 saturated carbocycles. The fraction of sp³-hybridized carbons (Fsp3) is 0.857. The van der Waals surface area contributed by atoms with E-state index < -0.39 is 5.92 Å². The third-order valence-corrected chi connectivity index (χ3v) is 2.16. The van der Waals surface area contributed by atoms with Crippen molar-refractivity contribution in [1.82, 2.24) is 0 Å². The molecule has 5 heteroatoms. The molecule has 0 aromatic carbocycles. The van der Waals surface area contributed by atoms with Crippen LogP contribution in [0.25, 0.3) is 0 Å². The third-order valence-electron chi connectivity index (χ3n) is 2.16. The van der Waals surface area contributed by atoms with Crippen LogP contribution in [0.5, 0.6) is 0 Å². The molecule has 12 heavy (non-hydrogen) atoms. The van der Waals surface area contributed by atoms with E-state index in [4.69, 9.17) is 11.1 Å². The van der Waals surface area contributed by atoms with Gasteiger partial charge < -0.3 is 5.73 Å². The van der Waals surface area contributed by atoms with Crippen molar-refractivity contribution in [2.45, 2.75) is 31.6 Å². The summed E-state index contributed by atoms with van der Waals surface area (Å²) in [5.41, 5.74) is 5.19. The van der Waals surface area contributed by atoms with Gasteiger partial charge >= 0.3 is 0 Å². The summed E-state index contributed by atoms with van der Waals surface area (Å²) in [7, 11) is 0. The maximum Gasteiger partial charge on any atom is 0.248 e. The van der Waals surface area contributed by atoms with Crippen molar-refractivity contribution in [3.63, 3.8) is 0 Å². The quantitative estimate of drug-likeness (QED) is 0.493. The smallest absolute Gasteiger partial charge is 0.248 e. The van der Waals surface area contributed by atoms with Gasteiger partial charge in [0.2, 0.25) is 5.92 Å². The van der Waals surface area contributed by atoms with E-state index in [1.54, 1.807) is 0 Å². The average Bonchev–Trinajstić information content (AvgIpc) is 1.86. The van der Waals surface area contributed by atoms with Crippen LogP contribution in [0.2, 0.25) is 0 Å². The molecule has 1 fully saturated rings. The molecule has 0 unspecified atom stereocenters. The first-order valence-corrected chi connectivity index (χ1v) is 3.73. The Hall–Kier alpha value is -0.380. The number of nitrogens with two attached hydrogens (primary N) is 1. The minimum absolute atomic E-state index is 0. The van der Waals surface area contributed by atoms with Crippen molar-refractivity contribution in [2.24, 2.45) is 11.7 Å². The van der Waals surface area contributed by atoms with Crippen LogP contribution in [0.15, 0.2) is 0 Å². The molecule has 0 bridgehead atoms. The second-order valence-corrected chi connectivity index (χ2v) is 3.09. The normalized spacial score (nSPS) is 22.8. The average molecular weight is 199 g/mol. The van der Waals surface area contributed by atoms with Gasteiger partial charge in [0, 0.05) is 18.8 Å². The number of amidine groups is 1. The second kappa shape index (κ2) is 4.03. The van der Waals surface area contributed by atoms with Crippen LogP contribution in [0.3, 0.4) is 0 Å². The molecule has 2 nitrogen and oxygen atoms in total. The first-order chi connectivity index (χ1) is 5.01. The van der Waals surface area contributed by atoms with E-state index in [-0.39, 0.29) is 37.0 Å². The molecule has 0 aliphatic heterocycles. The summed E-state index contributed by atoms with van der Waals surface area (Å²) in [4.78, 5) is 0. The molecule has 0 aromatic heterocycles. The first-order valence-electron chi connectivity index (χ1n) is 3.73. The minimum atomic E-state index is -2.51. The molecule has 0 saturated heterocycles. The summed E-state index contributed by atoms with van der Waals surface area (Å²) in [5, 5.41) is 7.05. The Bertz CT molecular complexity index is 163. The number of hydrogen-bond acceptors (Lipinski definition) is 1. The fourth-order valence-electron chi connectivity index (χ4n) is 1.35. The molecule has 1 aliphatic carbocycles. The van der Waals surface area contributed by atoms with E-state index in [1.165, 1.54) is 0 Å². The highest BCUT2D eigenvalue weighted by Gasteiger charge is 2.35. The van der Waals surface area contributed by atoms with Crippen molar-refractivity contribution in [1.29, 1.82) is 5.41 Å². The van der Waals surface area contributed by atoms with Crippen molar-refractivity contribution in [3.05, 3.63) is 0 Å². The van der Waals surface area contributed by atoms with E-state index in [2.05, 4.69) is 0 Å². The largest absolute Gasteiger partial charge is 0.387 e. The van der Waals surface area contributed by atoms with Crippen LogP contribution in [0.4, 0.5) is 8.78 Å². The van der Waals surface area contributed by atoms with E-state index in [0.717, 1.165) is 0 Å². The minimum Gasteiger partial charge on any atom is -0.387 e. The standard InChI is InChI=1S/C7H12F2N2.ClH/c8-7(9)3-1-5(2-4-7)6(10)11;/h5H,1-4H2,(H3,10,11);1H. The first kappa shape index (κ1) is 11.6. The van der Waals surface area contributed by atoms with Gasteiger partial charge in [-0.2, -0.15) is 0 Å². The van der Waals surface area contributed by atoms with Gasteiger partial charge in [-0.15, -0.1) is 12.4 Å². The summed E-state index contributed by atoms with van der Waals surface area (Å²) in [6, 6.07) is 0. The lowest BCUT2D eigenvalue weighted by Crippen LogP contribution is -2.31. The van der Waals surface area contributed by atoms with Crippen molar-refractivity contribution in [2.75, 3.05) is 0 Å². The van der Waals surface area contributed by atoms with E-state index in [9.17, 15) is 8.78 Å². The predicted molar refractivity (Wildman–Crippen MR) is 46.1 cm³/mol. The summed E-state index contributed by atoms with van der Waals surface area (Å²) < 4.78 is 25.1. The zero-order valence-corrected chi connectivity index (χ0v) is 7.46. The molecule has 0 atom stereocenters. The van der Waals surface area contributed by atoms with Gasteiger partial charge in [0.15, 0.2) is 0 Å². The van der Waals surface area contributed by atoms with E-state index >= 15 is 0 Å². The highest BCUT2D eigenvalue weighted by molar-refractivity contribution is 5.85. The Morgan fingerprint density at radius 2 is 1.75 bits per heavy atom. The molecule has 0 aromatic rings. The lowest BCUT2D eigenvalue weighted by Gasteiger charge is -2.27. The number of nitrogens with one attached hydrogen (secondary N) is 1. The number of halogens is 3. The second-order valence-electron chi connectivity index (χ2n) is 3.09. The lowest BCUT2D eigenvalue weighted by atomic mass is 9.86. The summed E-state index contributed by atoms with van der Waals surface area (Å²) in [5.74, 6) is -2.55. The van der Waals surface area contributed by atoms with Crippen molar-refractivity contribution in [3.8, 4) is 0 Å². The maximum atomic E-state index is 12.5. The molecule has 0 amide bonds. The summed E-state index contributed by atoms with van der Waals surface area (Å²) >= 11 is 0. The van der Waals surface area contributed by atoms with E-state index in [0.29, 0.717) is 12.8 Å². The molecule has 0 spiro atoms. The highest BCUT2D eigenvalue weighted by atomic mass is 35.5. The lowest BCUT2D eigenvalue weighted by molar-refractivity contribution is -0.0395. The summed E-state index contributed by atoms with van der Waals surface area (Å²) in [6.45, 7) is 0. The van der Waals surface area contributed by atoms with Crippen LogP contribution in [0, 0.1) is 11.3 Å². The van der Waals surface area contributed by atoms with Gasteiger partial charge in [0.1, 0.15) is 0 Å². The number of rotatable bonds is 1. The van der Waals surface area contributed by atoms with Crippen LogP contribution in [0.1, 0.15) is 25.7 Å². The van der Waals surface area contributed by atoms with E-state index in [1.807, 2.05) is 0 Å². The zero-order chi connectivity index (χ0) is 8.48. The Morgan fingerprint density at radius 1 is 1.33 bits per heavy atom. The van der Waals surface area contributed by atoms with Crippen LogP contribution >= 0.6 is 12.4 Å². The zero-order valence-electron chi connectivity index (χ0n) is 6.65. The predicted octanol–water partition coefficient (Wildman–Crippen LogP) is 2.17. The van der Waals surface area contributed by atoms with Gasteiger partial charge in [0.05, 0.1) is 5.84 Å². The van der Waals surface area contributed by atoms with Gasteiger partial charge in [0.25, 0.3) is 0 Å². The molecular weight excluding hydrogens is 186 g/mol. The van der Waals surface area contributed by atoms with Gasteiger partial charge in [-0.25, -0.2) is 8.78 Å². The number of alkyl halides is 2. The molecular formula is C7H13ClF2N2. The van der Waals surface area contributed by atoms with Crippen LogP contribution < -0.4 is 5.73 Å². The third kappa shape index (κ3) is 2.93. The Labute approximate surface area is 76.4 Å². The van der Waals surface area contributed by atoms with Crippen molar-refractivity contribution < 1.29 is 8.78 Å². The topological polar surface area (TPSA) is 49.9 Å². The highest BCUT2D eigenvalue weighted by Crippen LogP contribution is 2.35. The van der Waals surface area contributed by atoms with Crippen molar-refractivity contribution >= 4 is 18.2 Å².